The van der Waals surface area contributed by atoms with Crippen molar-refractivity contribution in [3.05, 3.63) is 41.7 Å². The summed E-state index contributed by atoms with van der Waals surface area (Å²) in [6.07, 6.45) is 1.10. The van der Waals surface area contributed by atoms with Gasteiger partial charge in [0.2, 0.25) is 5.91 Å². The molecule has 1 aromatic carbocycles. The van der Waals surface area contributed by atoms with Gasteiger partial charge in [0, 0.05) is 38.7 Å². The van der Waals surface area contributed by atoms with Gasteiger partial charge >= 0.3 is 0 Å². The van der Waals surface area contributed by atoms with Gasteiger partial charge in [-0.15, -0.1) is 0 Å². The molecule has 2 heterocycles. The Morgan fingerprint density at radius 1 is 1.18 bits per heavy atom. The maximum Gasteiger partial charge on any atom is 0.223 e. The van der Waals surface area contributed by atoms with Crippen molar-refractivity contribution in [1.82, 2.24) is 25.1 Å². The van der Waals surface area contributed by atoms with Crippen molar-refractivity contribution in [2.45, 2.75) is 53.6 Å². The fraction of sp³-hybridized carbons (Fsp3) is 0.520. The number of carbonyl (C=O) groups excluding carboxylic acids is 2. The quantitative estimate of drug-likeness (QED) is 0.476. The Balaban J connectivity index is 1.99. The summed E-state index contributed by atoms with van der Waals surface area (Å²) in [5, 5.41) is 6.69. The monoisotopic (exact) mass is 469 g/mol. The van der Waals surface area contributed by atoms with E-state index in [9.17, 15) is 9.59 Å². The van der Waals surface area contributed by atoms with Gasteiger partial charge < -0.3 is 20.1 Å². The number of benzene rings is 1. The number of fused-ring (bicyclic) bond motifs is 1. The second-order valence-electron chi connectivity index (χ2n) is 9.56. The van der Waals surface area contributed by atoms with Crippen molar-refractivity contribution in [1.29, 1.82) is 0 Å². The van der Waals surface area contributed by atoms with Crippen LogP contribution >= 0.6 is 12.2 Å². The van der Waals surface area contributed by atoms with Gasteiger partial charge in [0.05, 0.1) is 18.2 Å². The van der Waals surface area contributed by atoms with Gasteiger partial charge in [-0.25, -0.2) is 4.98 Å². The average molecular weight is 470 g/mol. The second kappa shape index (κ2) is 10.5. The van der Waals surface area contributed by atoms with Crippen LogP contribution < -0.4 is 10.6 Å². The highest BCUT2D eigenvalue weighted by atomic mass is 32.1. The minimum absolute atomic E-state index is 0.111. The molecule has 1 aliphatic rings. The third-order valence-electron chi connectivity index (χ3n) is 6.11. The minimum Gasteiger partial charge on any atom is -0.363 e. The predicted octanol–water partition coefficient (Wildman–Crippen LogP) is 3.63. The third-order valence-corrected chi connectivity index (χ3v) is 6.52. The van der Waals surface area contributed by atoms with E-state index in [1.165, 1.54) is 0 Å². The summed E-state index contributed by atoms with van der Waals surface area (Å²) in [6.45, 7) is 10.8. The van der Waals surface area contributed by atoms with Crippen LogP contribution in [0.2, 0.25) is 0 Å². The van der Waals surface area contributed by atoms with Crippen molar-refractivity contribution < 1.29 is 9.59 Å². The van der Waals surface area contributed by atoms with E-state index < -0.39 is 5.92 Å². The smallest absolute Gasteiger partial charge is 0.223 e. The SMILES string of the molecule is CCCNC(=S)N1CCn2c(-c3ccccc3)nc(C(=O)C[C@H](C(=O)NC)C(C)(C)C)c2C1. The van der Waals surface area contributed by atoms with Crippen molar-refractivity contribution in [2.24, 2.45) is 11.3 Å². The Bertz CT molecular complexity index is 1010. The number of aromatic nitrogens is 2. The number of ketones is 1. The van der Waals surface area contributed by atoms with E-state index in [2.05, 4.69) is 27.0 Å². The molecule has 2 N–H and O–H groups in total. The Labute approximate surface area is 202 Å². The normalized spacial score (nSPS) is 14.4. The lowest BCUT2D eigenvalue weighted by Gasteiger charge is -2.32. The van der Waals surface area contributed by atoms with E-state index in [1.54, 1.807) is 7.05 Å². The number of Topliss-reactive ketones (excluding diaryl/α,β-unsaturated/α-hetero) is 1. The lowest BCUT2D eigenvalue weighted by atomic mass is 9.77. The van der Waals surface area contributed by atoms with Crippen LogP contribution in [0.25, 0.3) is 11.4 Å². The van der Waals surface area contributed by atoms with Crippen LogP contribution in [0.15, 0.2) is 30.3 Å². The molecule has 2 aromatic rings. The number of nitrogens with zero attached hydrogens (tertiary/aromatic N) is 3. The van der Waals surface area contributed by atoms with Gasteiger partial charge in [-0.1, -0.05) is 58.0 Å². The Morgan fingerprint density at radius 2 is 1.88 bits per heavy atom. The number of hydrogen-bond acceptors (Lipinski definition) is 4. The lowest BCUT2D eigenvalue weighted by molar-refractivity contribution is -0.127. The summed E-state index contributed by atoms with van der Waals surface area (Å²) in [5.41, 5.74) is 1.91. The molecule has 0 spiro atoms. The molecule has 0 saturated heterocycles. The molecule has 1 atom stereocenters. The molecular formula is C25H35N5O2S. The van der Waals surface area contributed by atoms with Crippen LogP contribution in [0, 0.1) is 11.3 Å². The summed E-state index contributed by atoms with van der Waals surface area (Å²) in [4.78, 5) is 33.0. The first kappa shape index (κ1) is 24.9. The largest absolute Gasteiger partial charge is 0.363 e. The molecule has 1 aromatic heterocycles. The van der Waals surface area contributed by atoms with E-state index in [0.29, 0.717) is 23.9 Å². The van der Waals surface area contributed by atoms with E-state index in [0.717, 1.165) is 36.6 Å². The first-order valence-corrected chi connectivity index (χ1v) is 12.0. The zero-order chi connectivity index (χ0) is 24.2. The molecule has 1 aliphatic heterocycles. The van der Waals surface area contributed by atoms with Crippen LogP contribution in [-0.2, 0) is 17.9 Å². The van der Waals surface area contributed by atoms with Gasteiger partial charge in [-0.05, 0) is 24.1 Å². The fourth-order valence-corrected chi connectivity index (χ4v) is 4.42. The highest BCUT2D eigenvalue weighted by Gasteiger charge is 2.35. The zero-order valence-electron chi connectivity index (χ0n) is 20.3. The van der Waals surface area contributed by atoms with Gasteiger partial charge in [0.15, 0.2) is 10.9 Å². The summed E-state index contributed by atoms with van der Waals surface area (Å²) in [6, 6.07) is 9.92. The van der Waals surface area contributed by atoms with E-state index in [4.69, 9.17) is 17.2 Å². The van der Waals surface area contributed by atoms with Crippen molar-refractivity contribution in [3.8, 4) is 11.4 Å². The Kier molecular flexibility index (Phi) is 7.89. The van der Waals surface area contributed by atoms with Crippen LogP contribution in [0.1, 0.15) is 56.7 Å². The average Bonchev–Trinajstić information content (AvgIpc) is 3.19. The molecule has 0 bridgehead atoms. The standard InChI is InChI=1S/C25H35N5O2S/c1-6-12-27-24(33)29-13-14-30-19(16-29)21(28-22(30)17-10-8-7-9-11-17)20(31)15-18(23(32)26-5)25(2,3)4/h7-11,18H,6,12-16H2,1-5H3,(H,26,32)(H,27,33)/t18-/m1/s1. The number of hydrogen-bond donors (Lipinski definition) is 2. The zero-order valence-corrected chi connectivity index (χ0v) is 21.1. The van der Waals surface area contributed by atoms with Gasteiger partial charge in [-0.2, -0.15) is 0 Å². The molecule has 33 heavy (non-hydrogen) atoms. The number of carbonyl (C=O) groups is 2. The first-order valence-electron chi connectivity index (χ1n) is 11.6. The van der Waals surface area contributed by atoms with E-state index in [1.807, 2.05) is 51.1 Å². The number of amides is 1. The lowest BCUT2D eigenvalue weighted by Crippen LogP contribution is -2.44. The second-order valence-corrected chi connectivity index (χ2v) is 9.95. The molecule has 178 valence electrons. The van der Waals surface area contributed by atoms with Crippen LogP contribution in [0.4, 0.5) is 0 Å². The Morgan fingerprint density at radius 3 is 2.48 bits per heavy atom. The highest BCUT2D eigenvalue weighted by molar-refractivity contribution is 7.80. The molecule has 8 heteroatoms. The van der Waals surface area contributed by atoms with Gasteiger partial charge in [0.1, 0.15) is 11.5 Å². The highest BCUT2D eigenvalue weighted by Crippen LogP contribution is 2.32. The molecular weight excluding hydrogens is 434 g/mol. The minimum atomic E-state index is -0.445. The Hall–Kier alpha value is -2.74. The summed E-state index contributed by atoms with van der Waals surface area (Å²) >= 11 is 5.59. The predicted molar refractivity (Wildman–Crippen MR) is 135 cm³/mol. The molecule has 3 rings (SSSR count). The van der Waals surface area contributed by atoms with E-state index >= 15 is 0 Å². The summed E-state index contributed by atoms with van der Waals surface area (Å²) < 4.78 is 2.13. The molecule has 0 unspecified atom stereocenters. The first-order chi connectivity index (χ1) is 15.7. The van der Waals surface area contributed by atoms with Crippen LogP contribution in [-0.4, -0.2) is 51.4 Å². The van der Waals surface area contributed by atoms with E-state index in [-0.39, 0.29) is 23.5 Å². The van der Waals surface area contributed by atoms with Crippen molar-refractivity contribution >= 4 is 29.0 Å². The van der Waals surface area contributed by atoms with Crippen LogP contribution in [0.5, 0.6) is 0 Å². The number of nitrogens with one attached hydrogen (secondary N) is 2. The van der Waals surface area contributed by atoms with Crippen molar-refractivity contribution in [3.63, 3.8) is 0 Å². The van der Waals surface area contributed by atoms with Crippen molar-refractivity contribution in [2.75, 3.05) is 20.1 Å². The maximum absolute atomic E-state index is 13.6. The summed E-state index contributed by atoms with van der Waals surface area (Å²) in [7, 11) is 1.61. The number of rotatable bonds is 7. The molecule has 0 saturated carbocycles. The van der Waals surface area contributed by atoms with Crippen LogP contribution in [0.3, 0.4) is 0 Å². The van der Waals surface area contributed by atoms with Gasteiger partial charge in [-0.3, -0.25) is 9.59 Å². The van der Waals surface area contributed by atoms with Gasteiger partial charge in [0.25, 0.3) is 0 Å². The maximum atomic E-state index is 13.6. The number of thiocarbonyl (C=S) groups is 1. The molecule has 7 nitrogen and oxygen atoms in total. The topological polar surface area (TPSA) is 79.3 Å². The fourth-order valence-electron chi connectivity index (χ4n) is 4.16. The third kappa shape index (κ3) is 5.61. The number of imidazole rings is 1. The summed E-state index contributed by atoms with van der Waals surface area (Å²) in [5.74, 6) is 0.102. The molecule has 0 radical (unpaired) electrons. The molecule has 0 aliphatic carbocycles. The molecule has 1 amide bonds. The molecule has 0 fully saturated rings.